The van der Waals surface area contributed by atoms with E-state index < -0.39 is 0 Å². The predicted molar refractivity (Wildman–Crippen MR) is 113 cm³/mol. The van der Waals surface area contributed by atoms with Crippen LogP contribution < -0.4 is 10.2 Å². The Hall–Kier alpha value is -2.79. The van der Waals surface area contributed by atoms with E-state index in [0.29, 0.717) is 10.6 Å². The maximum atomic E-state index is 12.5. The Labute approximate surface area is 169 Å². The number of anilines is 1. The van der Waals surface area contributed by atoms with Crippen molar-refractivity contribution in [2.45, 2.75) is 25.8 Å². The van der Waals surface area contributed by atoms with Gasteiger partial charge in [-0.15, -0.1) is 0 Å². The van der Waals surface area contributed by atoms with Crippen molar-refractivity contribution in [3.63, 3.8) is 0 Å². The number of nitrogens with one attached hydrogen (secondary N) is 2. The number of piperidine rings is 1. The summed E-state index contributed by atoms with van der Waals surface area (Å²) >= 11 is 5.97. The number of aromatic amines is 1. The summed E-state index contributed by atoms with van der Waals surface area (Å²) in [6, 6.07) is 17.5. The molecule has 2 N–H and O–H groups in total. The second kappa shape index (κ2) is 8.07. The number of H-pyrrole nitrogens is 1. The molecular weight excluding hydrogens is 372 g/mol. The highest BCUT2D eigenvalue weighted by Gasteiger charge is 2.23. The van der Waals surface area contributed by atoms with Gasteiger partial charge in [0.05, 0.1) is 5.69 Å². The predicted octanol–water partition coefficient (Wildman–Crippen LogP) is 4.44. The third-order valence-corrected chi connectivity index (χ3v) is 5.37. The monoisotopic (exact) mass is 394 g/mol. The molecule has 1 saturated heterocycles. The van der Waals surface area contributed by atoms with Crippen LogP contribution in [0.5, 0.6) is 0 Å². The lowest BCUT2D eigenvalue weighted by atomic mass is 10.0. The quantitative estimate of drug-likeness (QED) is 0.687. The molecule has 0 saturated carbocycles. The summed E-state index contributed by atoms with van der Waals surface area (Å²) in [6.07, 6.45) is 1.99. The molecule has 0 radical (unpaired) electrons. The maximum Gasteiger partial charge on any atom is 0.251 e. The molecule has 1 aromatic heterocycles. The molecule has 1 aliphatic heterocycles. The first-order valence-electron chi connectivity index (χ1n) is 9.52. The summed E-state index contributed by atoms with van der Waals surface area (Å²) in [5.74, 6) is 0.884. The van der Waals surface area contributed by atoms with Crippen LogP contribution in [0.3, 0.4) is 0 Å². The van der Waals surface area contributed by atoms with Gasteiger partial charge < -0.3 is 10.2 Å². The highest BCUT2D eigenvalue weighted by molar-refractivity contribution is 6.30. The molecule has 0 aliphatic carbocycles. The lowest BCUT2D eigenvalue weighted by Crippen LogP contribution is -2.48. The zero-order valence-electron chi connectivity index (χ0n) is 15.8. The van der Waals surface area contributed by atoms with Gasteiger partial charge in [-0.3, -0.25) is 9.89 Å². The average Bonchev–Trinajstić information content (AvgIpc) is 3.19. The van der Waals surface area contributed by atoms with Crippen molar-refractivity contribution >= 4 is 23.3 Å². The summed E-state index contributed by atoms with van der Waals surface area (Å²) in [5, 5.41) is 11.5. The van der Waals surface area contributed by atoms with E-state index >= 15 is 0 Å². The fourth-order valence-corrected chi connectivity index (χ4v) is 3.65. The number of rotatable bonds is 4. The summed E-state index contributed by atoms with van der Waals surface area (Å²) in [6.45, 7) is 3.70. The second-order valence-electron chi connectivity index (χ2n) is 7.27. The Bertz CT molecular complexity index is 949. The molecule has 1 fully saturated rings. The van der Waals surface area contributed by atoms with E-state index in [0.717, 1.165) is 48.6 Å². The van der Waals surface area contributed by atoms with Crippen molar-refractivity contribution in [1.29, 1.82) is 0 Å². The summed E-state index contributed by atoms with van der Waals surface area (Å²) in [4.78, 5) is 14.7. The van der Waals surface area contributed by atoms with Gasteiger partial charge in [-0.2, -0.15) is 5.10 Å². The van der Waals surface area contributed by atoms with Crippen LogP contribution in [-0.2, 0) is 0 Å². The molecule has 144 valence electrons. The van der Waals surface area contributed by atoms with E-state index in [1.54, 1.807) is 0 Å². The minimum absolute atomic E-state index is 0.0178. The van der Waals surface area contributed by atoms with Gasteiger partial charge in [-0.25, -0.2) is 0 Å². The van der Waals surface area contributed by atoms with Gasteiger partial charge in [0.2, 0.25) is 0 Å². The van der Waals surface area contributed by atoms with Gasteiger partial charge in [0.15, 0.2) is 5.82 Å². The zero-order valence-corrected chi connectivity index (χ0v) is 16.5. The highest BCUT2D eigenvalue weighted by atomic mass is 35.5. The van der Waals surface area contributed by atoms with E-state index in [1.807, 2.05) is 61.5 Å². The van der Waals surface area contributed by atoms with Crippen molar-refractivity contribution in [3.8, 4) is 11.3 Å². The number of halogens is 1. The largest absolute Gasteiger partial charge is 0.353 e. The Balaban J connectivity index is 1.42. The number of amides is 1. The molecule has 2 aromatic carbocycles. The third kappa shape index (κ3) is 4.20. The minimum Gasteiger partial charge on any atom is -0.353 e. The Kier molecular flexibility index (Phi) is 5.35. The van der Waals surface area contributed by atoms with E-state index in [1.165, 1.54) is 0 Å². The van der Waals surface area contributed by atoms with Crippen LogP contribution in [-0.4, -0.2) is 35.2 Å². The molecule has 4 rings (SSSR count). The molecule has 2 heterocycles. The Morgan fingerprint density at radius 3 is 2.68 bits per heavy atom. The van der Waals surface area contributed by atoms with Crippen molar-refractivity contribution < 1.29 is 4.79 Å². The molecule has 0 unspecified atom stereocenters. The number of nitrogens with zero attached hydrogens (tertiary/aromatic N) is 2. The number of aryl methyl sites for hydroxylation is 1. The highest BCUT2D eigenvalue weighted by Crippen LogP contribution is 2.25. The summed E-state index contributed by atoms with van der Waals surface area (Å²) in [5.41, 5.74) is 3.85. The topological polar surface area (TPSA) is 61.0 Å². The van der Waals surface area contributed by atoms with E-state index in [-0.39, 0.29) is 11.9 Å². The summed E-state index contributed by atoms with van der Waals surface area (Å²) in [7, 11) is 0. The van der Waals surface area contributed by atoms with Gasteiger partial charge in [0, 0.05) is 35.8 Å². The van der Waals surface area contributed by atoms with E-state index in [9.17, 15) is 4.79 Å². The van der Waals surface area contributed by atoms with E-state index in [4.69, 9.17) is 11.6 Å². The van der Waals surface area contributed by atoms with Gasteiger partial charge >= 0.3 is 0 Å². The van der Waals surface area contributed by atoms with Crippen LogP contribution in [0.25, 0.3) is 11.3 Å². The molecular formula is C22H23ClN4O. The maximum absolute atomic E-state index is 12.5. The number of benzene rings is 2. The lowest BCUT2D eigenvalue weighted by molar-refractivity contribution is 0.0933. The van der Waals surface area contributed by atoms with Crippen molar-refractivity contribution in [1.82, 2.24) is 15.5 Å². The first-order valence-corrected chi connectivity index (χ1v) is 9.90. The average molecular weight is 395 g/mol. The fraction of sp³-hybridized carbons (Fsp3) is 0.273. The van der Waals surface area contributed by atoms with Crippen LogP contribution in [0.2, 0.25) is 5.02 Å². The number of hydrogen-bond acceptors (Lipinski definition) is 3. The van der Waals surface area contributed by atoms with Gasteiger partial charge in [0.25, 0.3) is 5.91 Å². The molecule has 6 heteroatoms. The molecule has 1 amide bonds. The van der Waals surface area contributed by atoms with Gasteiger partial charge in [0.1, 0.15) is 0 Å². The molecule has 5 nitrogen and oxygen atoms in total. The molecule has 28 heavy (non-hydrogen) atoms. The van der Waals surface area contributed by atoms with Crippen molar-refractivity contribution in [2.24, 2.45) is 0 Å². The van der Waals surface area contributed by atoms with Crippen LogP contribution in [0.15, 0.2) is 54.6 Å². The van der Waals surface area contributed by atoms with Crippen LogP contribution in [0, 0.1) is 6.92 Å². The fourth-order valence-electron chi connectivity index (χ4n) is 3.53. The van der Waals surface area contributed by atoms with Crippen LogP contribution in [0.4, 0.5) is 5.82 Å². The Morgan fingerprint density at radius 1 is 1.18 bits per heavy atom. The number of hydrogen-bond donors (Lipinski definition) is 2. The molecule has 0 bridgehead atoms. The second-order valence-corrected chi connectivity index (χ2v) is 7.71. The number of carbonyl (C=O) groups is 1. The summed E-state index contributed by atoms with van der Waals surface area (Å²) < 4.78 is 0. The molecule has 1 aliphatic rings. The molecule has 3 aromatic rings. The zero-order chi connectivity index (χ0) is 19.5. The third-order valence-electron chi connectivity index (χ3n) is 5.11. The lowest BCUT2D eigenvalue weighted by Gasteiger charge is -2.33. The SMILES string of the molecule is Cc1ccc(C(=O)N[C@H]2CCCN(c3cc(-c4ccc(Cl)cc4)[nH]n3)C2)cc1. The van der Waals surface area contributed by atoms with E-state index in [2.05, 4.69) is 20.4 Å². The minimum atomic E-state index is -0.0178. The van der Waals surface area contributed by atoms with Crippen molar-refractivity contribution in [2.75, 3.05) is 18.0 Å². The first-order chi connectivity index (χ1) is 13.6. The molecule has 0 spiro atoms. The smallest absolute Gasteiger partial charge is 0.251 e. The normalized spacial score (nSPS) is 16.8. The van der Waals surface area contributed by atoms with Gasteiger partial charge in [-0.1, -0.05) is 41.4 Å². The van der Waals surface area contributed by atoms with Gasteiger partial charge in [-0.05, 0) is 49.6 Å². The Morgan fingerprint density at radius 2 is 1.93 bits per heavy atom. The van der Waals surface area contributed by atoms with Crippen LogP contribution >= 0.6 is 11.6 Å². The molecule has 1 atom stereocenters. The van der Waals surface area contributed by atoms with Crippen molar-refractivity contribution in [3.05, 3.63) is 70.7 Å². The van der Waals surface area contributed by atoms with Crippen LogP contribution in [0.1, 0.15) is 28.8 Å². The first kappa shape index (κ1) is 18.6. The standard InChI is InChI=1S/C22H23ClN4O/c1-15-4-6-17(7-5-15)22(28)24-19-3-2-12-27(14-19)21-13-20(25-26-21)16-8-10-18(23)11-9-16/h4-11,13,19H,2-3,12,14H2,1H3,(H,24,28)(H,25,26)/t19-/m0/s1. The number of carbonyl (C=O) groups excluding carboxylic acids is 1. The number of aromatic nitrogens is 2.